The molecule has 4 rings (SSSR count). The topological polar surface area (TPSA) is 76.7 Å². The number of hydrogen-bond donors (Lipinski definition) is 1. The summed E-state index contributed by atoms with van der Waals surface area (Å²) in [6, 6.07) is 8.77. The molecule has 1 aromatic carbocycles. The second kappa shape index (κ2) is 7.35. The Hall–Kier alpha value is -3.16. The highest BCUT2D eigenvalue weighted by Crippen LogP contribution is 2.45. The van der Waals surface area contributed by atoms with Crippen LogP contribution in [-0.4, -0.2) is 65.4 Å². The van der Waals surface area contributed by atoms with Gasteiger partial charge in [-0.1, -0.05) is 12.1 Å². The third-order valence-electron chi connectivity index (χ3n) is 5.80. The van der Waals surface area contributed by atoms with Crippen molar-refractivity contribution in [2.75, 3.05) is 33.7 Å². The van der Waals surface area contributed by atoms with E-state index in [0.29, 0.717) is 25.2 Å². The van der Waals surface area contributed by atoms with E-state index in [4.69, 9.17) is 0 Å². The first-order valence-electron chi connectivity index (χ1n) is 9.56. The molecular formula is C21H23FN4O3. The van der Waals surface area contributed by atoms with Crippen LogP contribution in [0.3, 0.4) is 0 Å². The molecule has 3 atom stereocenters. The minimum atomic E-state index is -0.345. The Morgan fingerprint density at radius 1 is 1.14 bits per heavy atom. The number of halogens is 1. The zero-order valence-corrected chi connectivity index (χ0v) is 16.3. The molecule has 0 bridgehead atoms. The van der Waals surface area contributed by atoms with Crippen molar-refractivity contribution >= 4 is 11.9 Å². The molecule has 29 heavy (non-hydrogen) atoms. The number of pyridine rings is 1. The monoisotopic (exact) mass is 398 g/mol. The van der Waals surface area contributed by atoms with Crippen LogP contribution in [0.15, 0.2) is 47.4 Å². The molecule has 2 fully saturated rings. The van der Waals surface area contributed by atoms with Gasteiger partial charge in [0.2, 0.25) is 5.56 Å². The number of nitrogens with zero attached hydrogens (tertiary/aromatic N) is 3. The number of aromatic amines is 1. The van der Waals surface area contributed by atoms with E-state index in [1.807, 2.05) is 6.07 Å². The van der Waals surface area contributed by atoms with Crippen molar-refractivity contribution in [1.82, 2.24) is 19.7 Å². The summed E-state index contributed by atoms with van der Waals surface area (Å²) in [6.45, 7) is 1.50. The smallest absolute Gasteiger partial charge is 0.320 e. The Kier molecular flexibility index (Phi) is 4.86. The second-order valence-corrected chi connectivity index (χ2v) is 7.90. The van der Waals surface area contributed by atoms with Crippen molar-refractivity contribution in [2.24, 2.45) is 11.8 Å². The first-order chi connectivity index (χ1) is 13.8. The van der Waals surface area contributed by atoms with Gasteiger partial charge < -0.3 is 19.7 Å². The molecular weight excluding hydrogens is 375 g/mol. The molecule has 8 heteroatoms. The van der Waals surface area contributed by atoms with Crippen LogP contribution in [0.25, 0.3) is 0 Å². The predicted octanol–water partition coefficient (Wildman–Crippen LogP) is 1.94. The first kappa shape index (κ1) is 19.2. The summed E-state index contributed by atoms with van der Waals surface area (Å²) in [5, 5.41) is 0. The summed E-state index contributed by atoms with van der Waals surface area (Å²) in [6.07, 6.45) is 1.42. The molecule has 0 spiro atoms. The fourth-order valence-corrected chi connectivity index (χ4v) is 4.51. The van der Waals surface area contributed by atoms with Gasteiger partial charge in [0, 0.05) is 57.8 Å². The Morgan fingerprint density at radius 3 is 2.59 bits per heavy atom. The maximum absolute atomic E-state index is 13.9. The van der Waals surface area contributed by atoms with Gasteiger partial charge in [0.1, 0.15) is 5.82 Å². The van der Waals surface area contributed by atoms with Crippen molar-refractivity contribution < 1.29 is 14.0 Å². The molecule has 152 valence electrons. The SMILES string of the molecule is CN(C)C(=O)N1C[C@H]2CN(C(=O)c3ccc(=O)[nH]c3)C[C@H]2[C@H]1c1cccc(F)c1. The molecule has 2 aliphatic rings. The van der Waals surface area contributed by atoms with Gasteiger partial charge in [0.05, 0.1) is 11.6 Å². The predicted molar refractivity (Wildman–Crippen MR) is 105 cm³/mol. The third kappa shape index (κ3) is 3.50. The van der Waals surface area contributed by atoms with E-state index in [1.54, 1.807) is 30.0 Å². The van der Waals surface area contributed by atoms with E-state index >= 15 is 0 Å². The minimum absolute atomic E-state index is 0.0208. The standard InChI is InChI=1S/C21H23FN4O3/c1-24(2)21(29)26-11-15-10-25(20(28)14-6-7-18(27)23-9-14)12-17(15)19(26)13-4-3-5-16(22)8-13/h3-9,15,17,19H,10-12H2,1-2H3,(H,23,27)/t15-,17-,19-/m1/s1. The maximum Gasteiger partial charge on any atom is 0.320 e. The van der Waals surface area contributed by atoms with Crippen LogP contribution < -0.4 is 5.56 Å². The van der Waals surface area contributed by atoms with Crippen LogP contribution in [0.2, 0.25) is 0 Å². The van der Waals surface area contributed by atoms with Crippen molar-refractivity contribution in [1.29, 1.82) is 0 Å². The lowest BCUT2D eigenvalue weighted by Crippen LogP contribution is -2.42. The molecule has 2 aromatic rings. The Bertz CT molecular complexity index is 985. The largest absolute Gasteiger partial charge is 0.338 e. The number of likely N-dealkylation sites (tertiary alicyclic amines) is 2. The molecule has 3 heterocycles. The summed E-state index contributed by atoms with van der Waals surface area (Å²) in [7, 11) is 3.40. The lowest BCUT2D eigenvalue weighted by atomic mass is 9.89. The van der Waals surface area contributed by atoms with Crippen molar-refractivity contribution in [3.05, 3.63) is 69.9 Å². The van der Waals surface area contributed by atoms with Gasteiger partial charge in [0.25, 0.3) is 5.91 Å². The fraction of sp³-hybridized carbons (Fsp3) is 0.381. The van der Waals surface area contributed by atoms with Crippen LogP contribution >= 0.6 is 0 Å². The van der Waals surface area contributed by atoms with Crippen LogP contribution in [0.4, 0.5) is 9.18 Å². The number of rotatable bonds is 2. The number of urea groups is 1. The Balaban J connectivity index is 1.61. The van der Waals surface area contributed by atoms with Gasteiger partial charge in [-0.3, -0.25) is 9.59 Å². The molecule has 0 unspecified atom stereocenters. The van der Waals surface area contributed by atoms with Crippen LogP contribution in [0, 0.1) is 17.7 Å². The van der Waals surface area contributed by atoms with E-state index in [-0.39, 0.29) is 41.2 Å². The quantitative estimate of drug-likeness (QED) is 0.840. The lowest BCUT2D eigenvalue weighted by Gasteiger charge is -2.32. The lowest BCUT2D eigenvalue weighted by molar-refractivity contribution is 0.0766. The van der Waals surface area contributed by atoms with Crippen molar-refractivity contribution in [3.8, 4) is 0 Å². The minimum Gasteiger partial charge on any atom is -0.338 e. The molecule has 1 N–H and O–H groups in total. The maximum atomic E-state index is 13.9. The van der Waals surface area contributed by atoms with Crippen molar-refractivity contribution in [3.63, 3.8) is 0 Å². The molecule has 1 aromatic heterocycles. The number of aromatic nitrogens is 1. The summed E-state index contributed by atoms with van der Waals surface area (Å²) in [4.78, 5) is 44.5. The fourth-order valence-electron chi connectivity index (χ4n) is 4.51. The molecule has 2 aliphatic heterocycles. The zero-order chi connectivity index (χ0) is 20.7. The number of carbonyl (C=O) groups is 2. The van der Waals surface area contributed by atoms with Crippen LogP contribution in [-0.2, 0) is 0 Å². The zero-order valence-electron chi connectivity index (χ0n) is 16.3. The number of carbonyl (C=O) groups excluding carboxylic acids is 2. The Labute approximate surface area is 167 Å². The van der Waals surface area contributed by atoms with Crippen LogP contribution in [0.5, 0.6) is 0 Å². The molecule has 3 amide bonds. The number of benzene rings is 1. The summed E-state index contributed by atoms with van der Waals surface area (Å²) in [5.41, 5.74) is 0.906. The van der Waals surface area contributed by atoms with Gasteiger partial charge in [-0.05, 0) is 23.8 Å². The van der Waals surface area contributed by atoms with E-state index in [2.05, 4.69) is 4.98 Å². The van der Waals surface area contributed by atoms with Gasteiger partial charge in [0.15, 0.2) is 0 Å². The highest BCUT2D eigenvalue weighted by molar-refractivity contribution is 5.94. The Morgan fingerprint density at radius 2 is 1.93 bits per heavy atom. The number of H-pyrrole nitrogens is 1. The second-order valence-electron chi connectivity index (χ2n) is 7.90. The summed E-state index contributed by atoms with van der Waals surface area (Å²) < 4.78 is 13.9. The molecule has 2 saturated heterocycles. The van der Waals surface area contributed by atoms with Gasteiger partial charge in [-0.25, -0.2) is 9.18 Å². The average molecular weight is 398 g/mol. The number of nitrogens with one attached hydrogen (secondary N) is 1. The number of fused-ring (bicyclic) bond motifs is 1. The van der Waals surface area contributed by atoms with E-state index < -0.39 is 0 Å². The highest BCUT2D eigenvalue weighted by atomic mass is 19.1. The van der Waals surface area contributed by atoms with Crippen LogP contribution in [0.1, 0.15) is 22.0 Å². The first-order valence-corrected chi connectivity index (χ1v) is 9.56. The van der Waals surface area contributed by atoms with Crippen molar-refractivity contribution in [2.45, 2.75) is 6.04 Å². The van der Waals surface area contributed by atoms with E-state index in [9.17, 15) is 18.8 Å². The normalized spacial score (nSPS) is 23.2. The van der Waals surface area contributed by atoms with Gasteiger partial charge in [-0.2, -0.15) is 0 Å². The third-order valence-corrected chi connectivity index (χ3v) is 5.80. The molecule has 0 radical (unpaired) electrons. The molecule has 0 aliphatic carbocycles. The summed E-state index contributed by atoms with van der Waals surface area (Å²) >= 11 is 0. The average Bonchev–Trinajstić information content (AvgIpc) is 3.25. The number of amides is 3. The highest BCUT2D eigenvalue weighted by Gasteiger charge is 2.50. The van der Waals surface area contributed by atoms with Gasteiger partial charge >= 0.3 is 6.03 Å². The molecule has 0 saturated carbocycles. The van der Waals surface area contributed by atoms with E-state index in [0.717, 1.165) is 5.56 Å². The van der Waals surface area contributed by atoms with Gasteiger partial charge in [-0.15, -0.1) is 0 Å². The number of hydrogen-bond acceptors (Lipinski definition) is 3. The van der Waals surface area contributed by atoms with E-state index in [1.165, 1.54) is 35.4 Å². The summed E-state index contributed by atoms with van der Waals surface area (Å²) in [5.74, 6) is -0.368. The molecule has 7 nitrogen and oxygen atoms in total.